The molecule has 70 heavy (non-hydrogen) atoms. The van der Waals surface area contributed by atoms with Crippen LogP contribution in [0.3, 0.4) is 0 Å². The van der Waals surface area contributed by atoms with Crippen LogP contribution in [0.25, 0.3) is 116 Å². The monoisotopic (exact) mass is 891 g/mol. The van der Waals surface area contributed by atoms with Crippen LogP contribution in [0.4, 0.5) is 0 Å². The van der Waals surface area contributed by atoms with Crippen LogP contribution < -0.4 is 0 Å². The zero-order valence-electron chi connectivity index (χ0n) is 37.6. The van der Waals surface area contributed by atoms with E-state index in [-0.39, 0.29) is 0 Å². The molecule has 0 amide bonds. The lowest BCUT2D eigenvalue weighted by molar-refractivity contribution is 0.957. The number of benzene rings is 9. The predicted octanol–water partition coefficient (Wildman–Crippen LogP) is 15.2. The van der Waals surface area contributed by atoms with Crippen molar-refractivity contribution >= 4 is 82.4 Å². The molecule has 14 rings (SSSR count). The average molecular weight is 892 g/mol. The Labute approximate surface area is 401 Å². The van der Waals surface area contributed by atoms with Gasteiger partial charge in [-0.1, -0.05) is 127 Å². The van der Waals surface area contributed by atoms with E-state index < -0.39 is 0 Å². The van der Waals surface area contributed by atoms with Crippen molar-refractivity contribution in [1.29, 1.82) is 15.8 Å². The number of hydrogen-bond acceptors (Lipinski definition) is 3. The summed E-state index contributed by atoms with van der Waals surface area (Å²) in [5.41, 5.74) is 14.4. The summed E-state index contributed by atoms with van der Waals surface area (Å²) >= 11 is 0. The number of nitrogens with zero attached hydrogens (tertiary/aromatic N) is 7. The number of aromatic nitrogens is 4. The molecule has 0 fully saturated rings. The molecule has 0 bridgehead atoms. The van der Waals surface area contributed by atoms with Crippen molar-refractivity contribution < 1.29 is 0 Å². The minimum atomic E-state index is 0.345. The number of allylic oxidation sites excluding steroid dienone is 1. The second-order valence-corrected chi connectivity index (χ2v) is 18.0. The molecule has 7 heteroatoms. The summed E-state index contributed by atoms with van der Waals surface area (Å²) in [5, 5.41) is 41.7. The van der Waals surface area contributed by atoms with Gasteiger partial charge in [0.1, 0.15) is 12.1 Å². The van der Waals surface area contributed by atoms with E-state index in [9.17, 15) is 15.8 Å². The minimum absolute atomic E-state index is 0.345. The van der Waals surface area contributed by atoms with E-state index in [2.05, 4.69) is 206 Å². The van der Waals surface area contributed by atoms with Crippen molar-refractivity contribution in [2.45, 2.75) is 12.8 Å². The summed E-state index contributed by atoms with van der Waals surface area (Å²) in [6.45, 7) is 0. The van der Waals surface area contributed by atoms with Crippen molar-refractivity contribution in [3.05, 3.63) is 222 Å². The first-order valence-electron chi connectivity index (χ1n) is 23.5. The van der Waals surface area contributed by atoms with Gasteiger partial charge in [0, 0.05) is 54.6 Å². The van der Waals surface area contributed by atoms with Crippen LogP contribution in [0, 0.1) is 34.0 Å². The molecule has 0 radical (unpaired) electrons. The Balaban J connectivity index is 1.29. The molecular weight excluding hydrogens is 855 g/mol. The van der Waals surface area contributed by atoms with Crippen LogP contribution in [0.15, 0.2) is 194 Å². The first kappa shape index (κ1) is 39.3. The lowest BCUT2D eigenvalue weighted by Crippen LogP contribution is -2.15. The Morgan fingerprint density at radius 3 is 1.39 bits per heavy atom. The standard InChI is InChI=1S/C63H37N7/c64-36-39-30-32-40(33-31-39)60-50(37-65)61(68-53-25-11-4-18-42(53)43-19-5-12-26-54(43)68)63(62(51(60)38-66)69-55-27-13-6-20-44(55)45-21-7-14-28-56(45)69)70-57-29-15-9-23-47(57)49-34-48-46-22-8-10-24-52(46)67(58(48)35-59(49)70)41-16-2-1-3-17-41/h1-6,8-20,22-35H,7,21H2. The second kappa shape index (κ2) is 15.1. The Morgan fingerprint density at radius 2 is 0.829 bits per heavy atom. The van der Waals surface area contributed by atoms with E-state index in [1.807, 2.05) is 18.2 Å². The largest absolute Gasteiger partial charge is 0.309 e. The molecule has 1 aliphatic carbocycles. The van der Waals surface area contributed by atoms with Crippen LogP contribution in [-0.2, 0) is 6.42 Å². The van der Waals surface area contributed by atoms with E-state index in [4.69, 9.17) is 0 Å². The van der Waals surface area contributed by atoms with Gasteiger partial charge in [0.25, 0.3) is 0 Å². The lowest BCUT2D eigenvalue weighted by atomic mass is 9.90. The van der Waals surface area contributed by atoms with Crippen LogP contribution in [0.5, 0.6) is 0 Å². The summed E-state index contributed by atoms with van der Waals surface area (Å²) < 4.78 is 9.23. The van der Waals surface area contributed by atoms with E-state index in [1.54, 1.807) is 12.1 Å². The van der Waals surface area contributed by atoms with Gasteiger partial charge in [-0.15, -0.1) is 0 Å². The van der Waals surface area contributed by atoms with Gasteiger partial charge in [-0.25, -0.2) is 0 Å². The maximum Gasteiger partial charge on any atom is 0.102 e. The highest BCUT2D eigenvalue weighted by atomic mass is 15.1. The third-order valence-corrected chi connectivity index (χ3v) is 14.5. The van der Waals surface area contributed by atoms with Gasteiger partial charge in [0.2, 0.25) is 0 Å². The molecule has 0 aliphatic heterocycles. The van der Waals surface area contributed by atoms with E-state index in [0.29, 0.717) is 44.9 Å². The molecule has 9 aromatic carbocycles. The maximum atomic E-state index is 12.1. The van der Waals surface area contributed by atoms with Crippen molar-refractivity contribution in [3.8, 4) is 52.1 Å². The Kier molecular flexibility index (Phi) is 8.47. The smallest absolute Gasteiger partial charge is 0.102 e. The number of para-hydroxylation sites is 6. The van der Waals surface area contributed by atoms with Gasteiger partial charge in [0.05, 0.1) is 78.4 Å². The number of nitriles is 3. The average Bonchev–Trinajstić information content (AvgIpc) is 4.14. The van der Waals surface area contributed by atoms with Gasteiger partial charge in [-0.2, -0.15) is 15.8 Å². The van der Waals surface area contributed by atoms with Gasteiger partial charge in [0.15, 0.2) is 0 Å². The van der Waals surface area contributed by atoms with E-state index in [0.717, 1.165) is 101 Å². The predicted molar refractivity (Wildman–Crippen MR) is 283 cm³/mol. The number of aryl methyl sites for hydroxylation is 1. The van der Waals surface area contributed by atoms with Gasteiger partial charge in [-0.05, 0) is 96.8 Å². The summed E-state index contributed by atoms with van der Waals surface area (Å²) in [4.78, 5) is 0. The Bertz CT molecular complexity index is 4500. The molecule has 0 atom stereocenters. The Hall–Kier alpha value is -9.87. The summed E-state index contributed by atoms with van der Waals surface area (Å²) in [5.74, 6) is 0. The van der Waals surface area contributed by atoms with Gasteiger partial charge < -0.3 is 18.3 Å². The van der Waals surface area contributed by atoms with E-state index in [1.165, 1.54) is 5.56 Å². The molecule has 1 aliphatic rings. The highest BCUT2D eigenvalue weighted by Crippen LogP contribution is 2.50. The van der Waals surface area contributed by atoms with Crippen molar-refractivity contribution in [1.82, 2.24) is 18.3 Å². The summed E-state index contributed by atoms with van der Waals surface area (Å²) in [7, 11) is 0. The molecule has 0 spiro atoms. The molecule has 0 N–H and O–H groups in total. The SMILES string of the molecule is N#Cc1ccc(-c2c(C#N)c(-n3c4c(c5ccccc53)CCC=C4)c(-n3c4ccccc4c4cc5c6ccccc6n(-c6ccccc6)c5cc43)c(-n3c4ccccc4c4ccccc43)c2C#N)cc1. The lowest BCUT2D eigenvalue weighted by Gasteiger charge is -2.27. The maximum absolute atomic E-state index is 12.1. The zero-order valence-corrected chi connectivity index (χ0v) is 37.6. The molecule has 0 saturated carbocycles. The fourth-order valence-corrected chi connectivity index (χ4v) is 11.7. The quantitative estimate of drug-likeness (QED) is 0.172. The van der Waals surface area contributed by atoms with Gasteiger partial charge >= 0.3 is 0 Å². The molecule has 7 nitrogen and oxygen atoms in total. The second-order valence-electron chi connectivity index (χ2n) is 18.0. The van der Waals surface area contributed by atoms with Gasteiger partial charge in [-0.3, -0.25) is 0 Å². The van der Waals surface area contributed by atoms with Crippen molar-refractivity contribution in [2.24, 2.45) is 0 Å². The third kappa shape index (κ3) is 5.36. The number of rotatable bonds is 5. The molecule has 4 heterocycles. The fraction of sp³-hybridized carbons (Fsp3) is 0.0317. The normalized spacial score (nSPS) is 12.4. The topological polar surface area (TPSA) is 91.1 Å². The van der Waals surface area contributed by atoms with Crippen molar-refractivity contribution in [2.75, 3.05) is 0 Å². The summed E-state index contributed by atoms with van der Waals surface area (Å²) in [6.07, 6.45) is 6.17. The molecular formula is C63H37N7. The van der Waals surface area contributed by atoms with Crippen LogP contribution in [0.1, 0.15) is 34.4 Å². The summed E-state index contributed by atoms with van der Waals surface area (Å²) in [6, 6.07) is 72.6. The fourth-order valence-electron chi connectivity index (χ4n) is 11.7. The first-order valence-corrected chi connectivity index (χ1v) is 23.5. The zero-order chi connectivity index (χ0) is 46.6. The molecule has 324 valence electrons. The number of fused-ring (bicyclic) bond motifs is 12. The van der Waals surface area contributed by atoms with E-state index >= 15 is 0 Å². The third-order valence-electron chi connectivity index (χ3n) is 14.5. The first-order chi connectivity index (χ1) is 34.7. The highest BCUT2D eigenvalue weighted by molar-refractivity contribution is 6.20. The van der Waals surface area contributed by atoms with Crippen molar-refractivity contribution in [3.63, 3.8) is 0 Å². The Morgan fingerprint density at radius 1 is 0.371 bits per heavy atom. The van der Waals surface area contributed by atoms with Crippen LogP contribution >= 0.6 is 0 Å². The molecule has 13 aromatic rings. The van der Waals surface area contributed by atoms with Crippen LogP contribution in [-0.4, -0.2) is 18.3 Å². The minimum Gasteiger partial charge on any atom is -0.309 e. The number of hydrogen-bond donors (Lipinski definition) is 0. The molecule has 0 saturated heterocycles. The molecule has 4 aromatic heterocycles. The molecule has 0 unspecified atom stereocenters. The highest BCUT2D eigenvalue weighted by Gasteiger charge is 2.34. The van der Waals surface area contributed by atoms with Crippen LogP contribution in [0.2, 0.25) is 0 Å².